The van der Waals surface area contributed by atoms with E-state index in [0.29, 0.717) is 19.3 Å². The Bertz CT molecular complexity index is 248. The Morgan fingerprint density at radius 3 is 2.38 bits per heavy atom. The third-order valence-corrected chi connectivity index (χ3v) is 2.34. The third kappa shape index (κ3) is 8.20. The Balaban J connectivity index is 3.89. The van der Waals surface area contributed by atoms with Gasteiger partial charge in [-0.05, 0) is 25.7 Å². The molecule has 94 valence electrons. The molecular weight excluding hydrogens is 210 g/mol. The van der Waals surface area contributed by atoms with Gasteiger partial charge in [0, 0.05) is 17.8 Å². The van der Waals surface area contributed by atoms with Gasteiger partial charge in [0.1, 0.15) is 0 Å². The highest BCUT2D eigenvalue weighted by molar-refractivity contribution is 5.69. The van der Waals surface area contributed by atoms with Crippen LogP contribution in [-0.4, -0.2) is 23.5 Å². The van der Waals surface area contributed by atoms with Crippen LogP contribution in [0.4, 0.5) is 0 Å². The summed E-state index contributed by atoms with van der Waals surface area (Å²) < 4.78 is 5.00. The van der Waals surface area contributed by atoms with Crippen molar-refractivity contribution in [1.82, 2.24) is 0 Å². The lowest BCUT2D eigenvalue weighted by molar-refractivity contribution is -0.482. The summed E-state index contributed by atoms with van der Waals surface area (Å²) in [5, 5.41) is 10.2. The van der Waals surface area contributed by atoms with Crippen molar-refractivity contribution in [2.75, 3.05) is 6.54 Å². The molecule has 0 aromatic rings. The molecule has 0 aromatic carbocycles. The van der Waals surface area contributed by atoms with E-state index in [2.05, 4.69) is 0 Å². The van der Waals surface area contributed by atoms with Crippen molar-refractivity contribution in [3.8, 4) is 0 Å². The van der Waals surface area contributed by atoms with Gasteiger partial charge in [0.25, 0.3) is 0 Å². The Labute approximate surface area is 96.3 Å². The molecule has 5 heteroatoms. The number of carbonyl (C=O) groups is 1. The largest absolute Gasteiger partial charge is 0.463 e. The maximum absolute atomic E-state index is 11.3. The quantitative estimate of drug-likeness (QED) is 0.383. The smallest absolute Gasteiger partial charge is 0.306 e. The number of esters is 1. The maximum atomic E-state index is 11.3. The van der Waals surface area contributed by atoms with Gasteiger partial charge in [-0.1, -0.05) is 13.8 Å². The highest BCUT2D eigenvalue weighted by Gasteiger charge is 2.22. The van der Waals surface area contributed by atoms with Gasteiger partial charge < -0.3 is 4.74 Å². The molecule has 0 aliphatic carbocycles. The lowest BCUT2D eigenvalue weighted by Gasteiger charge is -2.22. The summed E-state index contributed by atoms with van der Waals surface area (Å²) in [4.78, 5) is 21.2. The van der Waals surface area contributed by atoms with Crippen LogP contribution in [0, 0.1) is 15.5 Å². The van der Waals surface area contributed by atoms with Gasteiger partial charge in [0.05, 0.1) is 6.10 Å². The van der Waals surface area contributed by atoms with E-state index >= 15 is 0 Å². The molecule has 5 nitrogen and oxygen atoms in total. The van der Waals surface area contributed by atoms with Crippen LogP contribution in [0.25, 0.3) is 0 Å². The molecule has 16 heavy (non-hydrogen) atoms. The van der Waals surface area contributed by atoms with Gasteiger partial charge in [-0.3, -0.25) is 14.9 Å². The van der Waals surface area contributed by atoms with Gasteiger partial charge in [0.2, 0.25) is 6.54 Å². The van der Waals surface area contributed by atoms with E-state index in [9.17, 15) is 14.9 Å². The standard InChI is InChI=1S/C11H21NO4/c1-9(2)16-10(13)5-6-11(3,4)7-8-12(14)15/h9H,5-8H2,1-4H3. The summed E-state index contributed by atoms with van der Waals surface area (Å²) in [7, 11) is 0. The third-order valence-electron chi connectivity index (χ3n) is 2.34. The van der Waals surface area contributed by atoms with Crippen molar-refractivity contribution in [1.29, 1.82) is 0 Å². The van der Waals surface area contributed by atoms with Crippen molar-refractivity contribution < 1.29 is 14.5 Å². The fraction of sp³-hybridized carbons (Fsp3) is 0.909. The minimum atomic E-state index is -0.325. The molecule has 0 N–H and O–H groups in total. The van der Waals surface area contributed by atoms with Crippen LogP contribution in [0.3, 0.4) is 0 Å². The van der Waals surface area contributed by atoms with Gasteiger partial charge in [-0.2, -0.15) is 0 Å². The lowest BCUT2D eigenvalue weighted by Crippen LogP contribution is -2.20. The van der Waals surface area contributed by atoms with E-state index in [0.717, 1.165) is 0 Å². The zero-order valence-electron chi connectivity index (χ0n) is 10.5. The van der Waals surface area contributed by atoms with Gasteiger partial charge in [-0.25, -0.2) is 0 Å². The fourth-order valence-corrected chi connectivity index (χ4v) is 1.28. The highest BCUT2D eigenvalue weighted by Crippen LogP contribution is 2.26. The number of hydrogen-bond donors (Lipinski definition) is 0. The lowest BCUT2D eigenvalue weighted by atomic mass is 9.84. The second-order valence-corrected chi connectivity index (χ2v) is 5.01. The molecule has 0 aliphatic heterocycles. The van der Waals surface area contributed by atoms with Crippen LogP contribution >= 0.6 is 0 Å². The molecule has 0 fully saturated rings. The number of carbonyl (C=O) groups excluding carboxylic acids is 1. The predicted molar refractivity (Wildman–Crippen MR) is 60.7 cm³/mol. The first-order chi connectivity index (χ1) is 7.23. The van der Waals surface area contributed by atoms with Crippen LogP contribution in [0.2, 0.25) is 0 Å². The summed E-state index contributed by atoms with van der Waals surface area (Å²) in [6.45, 7) is 7.41. The molecule has 0 bridgehead atoms. The van der Waals surface area contributed by atoms with E-state index < -0.39 is 0 Å². The molecular formula is C11H21NO4. The SMILES string of the molecule is CC(C)OC(=O)CCC(C)(C)CC[N+](=O)[O-]. The summed E-state index contributed by atoms with van der Waals surface area (Å²) >= 11 is 0. The minimum Gasteiger partial charge on any atom is -0.463 e. The maximum Gasteiger partial charge on any atom is 0.306 e. The Hall–Kier alpha value is -1.13. The minimum absolute atomic E-state index is 0.0494. The van der Waals surface area contributed by atoms with E-state index in [1.54, 1.807) is 13.8 Å². The topological polar surface area (TPSA) is 69.4 Å². The summed E-state index contributed by atoms with van der Waals surface area (Å²) in [5.74, 6) is -0.232. The molecule has 0 heterocycles. The Morgan fingerprint density at radius 2 is 1.94 bits per heavy atom. The number of rotatable bonds is 7. The number of hydrogen-bond acceptors (Lipinski definition) is 4. The first-order valence-corrected chi connectivity index (χ1v) is 5.54. The highest BCUT2D eigenvalue weighted by atomic mass is 16.6. The molecule has 0 atom stereocenters. The molecule has 0 aliphatic rings. The van der Waals surface area contributed by atoms with E-state index in [1.807, 2.05) is 13.8 Å². The molecule has 0 spiro atoms. The van der Waals surface area contributed by atoms with Gasteiger partial charge in [0.15, 0.2) is 0 Å². The Morgan fingerprint density at radius 1 is 1.38 bits per heavy atom. The molecule has 0 aromatic heterocycles. The van der Waals surface area contributed by atoms with E-state index in [-0.39, 0.29) is 29.0 Å². The number of ether oxygens (including phenoxy) is 1. The number of nitro groups is 1. The summed E-state index contributed by atoms with van der Waals surface area (Å²) in [6.07, 6.45) is 1.32. The van der Waals surface area contributed by atoms with Crippen molar-refractivity contribution >= 4 is 5.97 Å². The van der Waals surface area contributed by atoms with Crippen LogP contribution < -0.4 is 0 Å². The van der Waals surface area contributed by atoms with Crippen molar-refractivity contribution in [2.45, 2.75) is 53.1 Å². The zero-order valence-corrected chi connectivity index (χ0v) is 10.5. The Kier molecular flexibility index (Phi) is 6.00. The predicted octanol–water partition coefficient (Wildman–Crippen LogP) is 2.41. The van der Waals surface area contributed by atoms with Crippen molar-refractivity contribution in [3.05, 3.63) is 10.1 Å². The molecule has 0 unspecified atom stereocenters. The van der Waals surface area contributed by atoms with Gasteiger partial charge in [-0.15, -0.1) is 0 Å². The van der Waals surface area contributed by atoms with Crippen LogP contribution in [0.5, 0.6) is 0 Å². The molecule has 0 amide bonds. The second-order valence-electron chi connectivity index (χ2n) is 5.01. The van der Waals surface area contributed by atoms with Crippen LogP contribution in [0.15, 0.2) is 0 Å². The zero-order chi connectivity index (χ0) is 12.8. The second kappa shape index (κ2) is 6.45. The molecule has 0 rings (SSSR count). The van der Waals surface area contributed by atoms with Crippen LogP contribution in [0.1, 0.15) is 47.0 Å². The summed E-state index contributed by atoms with van der Waals surface area (Å²) in [6, 6.07) is 0. The first-order valence-electron chi connectivity index (χ1n) is 5.54. The van der Waals surface area contributed by atoms with Crippen LogP contribution in [-0.2, 0) is 9.53 Å². The molecule has 0 saturated carbocycles. The first kappa shape index (κ1) is 14.9. The summed E-state index contributed by atoms with van der Waals surface area (Å²) in [5.41, 5.74) is -0.191. The monoisotopic (exact) mass is 231 g/mol. The molecule has 0 radical (unpaired) electrons. The fourth-order valence-electron chi connectivity index (χ4n) is 1.28. The average molecular weight is 231 g/mol. The van der Waals surface area contributed by atoms with E-state index in [1.165, 1.54) is 0 Å². The average Bonchev–Trinajstić information content (AvgIpc) is 2.11. The van der Waals surface area contributed by atoms with E-state index in [4.69, 9.17) is 4.74 Å². The number of nitrogens with zero attached hydrogens (tertiary/aromatic N) is 1. The van der Waals surface area contributed by atoms with Crippen molar-refractivity contribution in [3.63, 3.8) is 0 Å². The molecule has 0 saturated heterocycles. The van der Waals surface area contributed by atoms with Crippen molar-refractivity contribution in [2.24, 2.45) is 5.41 Å². The van der Waals surface area contributed by atoms with Gasteiger partial charge >= 0.3 is 5.97 Å². The normalized spacial score (nSPS) is 11.6.